The van der Waals surface area contributed by atoms with Crippen molar-refractivity contribution in [2.45, 2.75) is 37.6 Å². The number of hydrogen-bond acceptors (Lipinski definition) is 7. The van der Waals surface area contributed by atoms with Crippen molar-refractivity contribution in [2.75, 3.05) is 0 Å². The number of fused-ring (bicyclic) bond motifs is 3. The van der Waals surface area contributed by atoms with Gasteiger partial charge in [0.2, 0.25) is 11.7 Å². The van der Waals surface area contributed by atoms with Crippen LogP contribution >= 0.6 is 11.8 Å². The Morgan fingerprint density at radius 1 is 1.06 bits per heavy atom. The van der Waals surface area contributed by atoms with Crippen LogP contribution in [0.1, 0.15) is 30.6 Å². The van der Waals surface area contributed by atoms with Crippen LogP contribution in [0.3, 0.4) is 0 Å². The van der Waals surface area contributed by atoms with Crippen molar-refractivity contribution < 1.29 is 4.52 Å². The van der Waals surface area contributed by atoms with Crippen molar-refractivity contribution in [1.82, 2.24) is 29.3 Å². The highest BCUT2D eigenvalue weighted by Gasteiger charge is 2.18. The molecule has 31 heavy (non-hydrogen) atoms. The molecular weight excluding hydrogens is 412 g/mol. The van der Waals surface area contributed by atoms with E-state index >= 15 is 0 Å². The first kappa shape index (κ1) is 19.5. The topological polar surface area (TPSA) is 91.1 Å². The van der Waals surface area contributed by atoms with Crippen LogP contribution < -0.4 is 5.56 Å². The highest BCUT2D eigenvalue weighted by molar-refractivity contribution is 7.98. The number of thioether (sulfide) groups is 1. The number of benzene rings is 2. The first-order valence-corrected chi connectivity index (χ1v) is 11.0. The average Bonchev–Trinajstić information content (AvgIpc) is 3.41. The second kappa shape index (κ2) is 7.99. The van der Waals surface area contributed by atoms with Crippen molar-refractivity contribution in [1.29, 1.82) is 0 Å². The molecule has 0 unspecified atom stereocenters. The lowest BCUT2D eigenvalue weighted by atomic mass is 10.2. The Balaban J connectivity index is 1.63. The Morgan fingerprint density at radius 2 is 1.87 bits per heavy atom. The van der Waals surface area contributed by atoms with E-state index < -0.39 is 0 Å². The highest BCUT2D eigenvalue weighted by Crippen LogP contribution is 2.25. The number of para-hydroxylation sites is 1. The highest BCUT2D eigenvalue weighted by atomic mass is 32.2. The van der Waals surface area contributed by atoms with E-state index in [0.717, 1.165) is 29.6 Å². The van der Waals surface area contributed by atoms with Gasteiger partial charge in [0, 0.05) is 6.42 Å². The molecule has 9 heteroatoms. The van der Waals surface area contributed by atoms with Gasteiger partial charge < -0.3 is 4.52 Å². The predicted octanol–water partition coefficient (Wildman–Crippen LogP) is 3.97. The largest absolute Gasteiger partial charge is 0.338 e. The third-order valence-electron chi connectivity index (χ3n) is 5.00. The van der Waals surface area contributed by atoms with Crippen LogP contribution in [0.2, 0.25) is 0 Å². The van der Waals surface area contributed by atoms with E-state index in [4.69, 9.17) is 4.52 Å². The molecule has 3 heterocycles. The summed E-state index contributed by atoms with van der Waals surface area (Å²) in [6.45, 7) is 4.09. The molecule has 0 aliphatic carbocycles. The smallest absolute Gasteiger partial charge is 0.267 e. The molecule has 0 aliphatic rings. The summed E-state index contributed by atoms with van der Waals surface area (Å²) >= 11 is 1.45. The van der Waals surface area contributed by atoms with Gasteiger partial charge >= 0.3 is 0 Å². The number of aryl methyl sites for hydroxylation is 2. The maximum absolute atomic E-state index is 13.3. The summed E-state index contributed by atoms with van der Waals surface area (Å²) in [5.74, 6) is 2.19. The van der Waals surface area contributed by atoms with Crippen LogP contribution in [-0.4, -0.2) is 29.3 Å². The number of aromatic nitrogens is 6. The van der Waals surface area contributed by atoms with E-state index in [-0.39, 0.29) is 5.56 Å². The van der Waals surface area contributed by atoms with Gasteiger partial charge in [-0.3, -0.25) is 9.20 Å². The average molecular weight is 433 g/mol. The zero-order chi connectivity index (χ0) is 21.4. The minimum absolute atomic E-state index is 0.128. The fourth-order valence-electron chi connectivity index (χ4n) is 3.50. The first-order valence-electron chi connectivity index (χ1n) is 10.1. The van der Waals surface area contributed by atoms with Gasteiger partial charge in [0.15, 0.2) is 11.0 Å². The van der Waals surface area contributed by atoms with Gasteiger partial charge in [-0.05, 0) is 37.6 Å². The second-order valence-corrected chi connectivity index (χ2v) is 8.20. The van der Waals surface area contributed by atoms with Gasteiger partial charge in [0.25, 0.3) is 5.56 Å². The first-order chi connectivity index (χ1) is 15.2. The van der Waals surface area contributed by atoms with Crippen LogP contribution in [-0.2, 0) is 12.2 Å². The lowest BCUT2D eigenvalue weighted by Gasteiger charge is -2.11. The lowest BCUT2D eigenvalue weighted by molar-refractivity contribution is 0.384. The van der Waals surface area contributed by atoms with Gasteiger partial charge in [-0.15, -0.1) is 10.2 Å². The summed E-state index contributed by atoms with van der Waals surface area (Å²) < 4.78 is 8.85. The molecule has 0 radical (unpaired) electrons. The molecular formula is C22H20N6O2S. The van der Waals surface area contributed by atoms with E-state index in [1.807, 2.05) is 59.9 Å². The minimum Gasteiger partial charge on any atom is -0.338 e. The molecule has 0 fully saturated rings. The Morgan fingerprint density at radius 3 is 2.68 bits per heavy atom. The monoisotopic (exact) mass is 432 g/mol. The molecule has 0 amide bonds. The van der Waals surface area contributed by atoms with Crippen LogP contribution in [0.15, 0.2) is 63.0 Å². The summed E-state index contributed by atoms with van der Waals surface area (Å²) in [5.41, 5.74) is 2.50. The van der Waals surface area contributed by atoms with Gasteiger partial charge in [-0.1, -0.05) is 53.7 Å². The quantitative estimate of drug-likeness (QED) is 0.375. The zero-order valence-corrected chi connectivity index (χ0v) is 18.0. The van der Waals surface area contributed by atoms with E-state index in [9.17, 15) is 4.79 Å². The van der Waals surface area contributed by atoms with E-state index in [2.05, 4.69) is 27.3 Å². The molecule has 0 bridgehead atoms. The number of hydrogen-bond donors (Lipinski definition) is 0. The maximum Gasteiger partial charge on any atom is 0.267 e. The van der Waals surface area contributed by atoms with Gasteiger partial charge in [-0.25, -0.2) is 4.57 Å². The van der Waals surface area contributed by atoms with Gasteiger partial charge in [0.1, 0.15) is 0 Å². The fraction of sp³-hybridized carbons (Fsp3) is 0.227. The van der Waals surface area contributed by atoms with Crippen molar-refractivity contribution in [3.8, 4) is 5.69 Å². The Kier molecular flexibility index (Phi) is 5.03. The molecule has 8 nitrogen and oxygen atoms in total. The Bertz CT molecular complexity index is 1430. The lowest BCUT2D eigenvalue weighted by Crippen LogP contribution is -2.21. The molecule has 0 aliphatic heterocycles. The van der Waals surface area contributed by atoms with E-state index in [1.165, 1.54) is 11.8 Å². The SMILES string of the molecule is CCCc1noc(CSc2nnc3n(-c4ccc(C)cc4)c(=O)c4ccccc4n23)n1. The molecule has 5 aromatic rings. The third-order valence-corrected chi connectivity index (χ3v) is 5.91. The molecule has 0 N–H and O–H groups in total. The molecule has 0 saturated heterocycles. The summed E-state index contributed by atoms with van der Waals surface area (Å²) in [7, 11) is 0. The normalized spacial score (nSPS) is 11.5. The number of rotatable bonds is 6. The molecule has 2 aromatic carbocycles. The molecule has 0 atom stereocenters. The standard InChI is InChI=1S/C22H20N6O2S/c1-3-6-18-23-19(30-26-18)13-31-22-25-24-21-27(15-11-9-14(2)10-12-15)20(29)16-7-4-5-8-17(16)28(21)22/h4-5,7-12H,3,6,13H2,1-2H3. The van der Waals surface area contributed by atoms with E-state index in [1.54, 1.807) is 4.57 Å². The number of nitrogens with zero attached hydrogens (tertiary/aromatic N) is 6. The van der Waals surface area contributed by atoms with Crippen molar-refractivity contribution >= 4 is 28.4 Å². The fourth-order valence-corrected chi connectivity index (χ4v) is 4.28. The van der Waals surface area contributed by atoms with Crippen LogP contribution in [0.5, 0.6) is 0 Å². The van der Waals surface area contributed by atoms with Gasteiger partial charge in [-0.2, -0.15) is 4.98 Å². The van der Waals surface area contributed by atoms with Crippen molar-refractivity contribution in [3.05, 3.63) is 76.2 Å². The molecule has 3 aromatic heterocycles. The molecule has 0 spiro atoms. The van der Waals surface area contributed by atoms with Crippen molar-refractivity contribution in [3.63, 3.8) is 0 Å². The predicted molar refractivity (Wildman–Crippen MR) is 119 cm³/mol. The van der Waals surface area contributed by atoms with Crippen LogP contribution in [0, 0.1) is 6.92 Å². The van der Waals surface area contributed by atoms with Crippen LogP contribution in [0.4, 0.5) is 0 Å². The second-order valence-electron chi connectivity index (χ2n) is 7.25. The van der Waals surface area contributed by atoms with Crippen LogP contribution in [0.25, 0.3) is 22.4 Å². The Labute approximate surface area is 181 Å². The van der Waals surface area contributed by atoms with Crippen molar-refractivity contribution in [2.24, 2.45) is 0 Å². The minimum atomic E-state index is -0.128. The third kappa shape index (κ3) is 3.50. The summed E-state index contributed by atoms with van der Waals surface area (Å²) in [4.78, 5) is 17.7. The maximum atomic E-state index is 13.3. The molecule has 5 rings (SSSR count). The zero-order valence-electron chi connectivity index (χ0n) is 17.1. The summed E-state index contributed by atoms with van der Waals surface area (Å²) in [5, 5.41) is 14.0. The summed E-state index contributed by atoms with van der Waals surface area (Å²) in [6.07, 6.45) is 1.75. The van der Waals surface area contributed by atoms with Gasteiger partial charge in [0.05, 0.1) is 22.3 Å². The molecule has 156 valence electrons. The molecule has 0 saturated carbocycles. The Hall–Kier alpha value is -3.46. The summed E-state index contributed by atoms with van der Waals surface area (Å²) in [6, 6.07) is 15.3. The van der Waals surface area contributed by atoms with E-state index in [0.29, 0.717) is 33.8 Å².